The van der Waals surface area contributed by atoms with Gasteiger partial charge in [-0.05, 0) is 29.8 Å². The lowest BCUT2D eigenvalue weighted by atomic mass is 10.2. The van der Waals surface area contributed by atoms with Gasteiger partial charge in [-0.3, -0.25) is 0 Å². The standard InChI is InChI=1S/C13H14FNO2/c1-15(8-11-3-2-6-17-11)13-5-4-10(9-16)7-12(13)14/h2-7,16H,8-9H2,1H3. The summed E-state index contributed by atoms with van der Waals surface area (Å²) in [5.74, 6) is 0.434. The predicted molar refractivity (Wildman–Crippen MR) is 63.1 cm³/mol. The van der Waals surface area contributed by atoms with Crippen LogP contribution in [0, 0.1) is 5.82 Å². The van der Waals surface area contributed by atoms with Gasteiger partial charge < -0.3 is 14.4 Å². The molecule has 17 heavy (non-hydrogen) atoms. The van der Waals surface area contributed by atoms with E-state index in [1.807, 2.05) is 6.07 Å². The van der Waals surface area contributed by atoms with E-state index in [1.165, 1.54) is 6.07 Å². The number of anilines is 1. The van der Waals surface area contributed by atoms with Crippen molar-refractivity contribution >= 4 is 5.69 Å². The molecule has 0 unspecified atom stereocenters. The van der Waals surface area contributed by atoms with Crippen molar-refractivity contribution in [1.82, 2.24) is 0 Å². The highest BCUT2D eigenvalue weighted by molar-refractivity contribution is 5.48. The third-order valence-electron chi connectivity index (χ3n) is 2.58. The van der Waals surface area contributed by atoms with Gasteiger partial charge in [-0.25, -0.2) is 4.39 Å². The zero-order valence-electron chi connectivity index (χ0n) is 9.56. The lowest BCUT2D eigenvalue weighted by Gasteiger charge is -2.18. The molecule has 0 aliphatic carbocycles. The lowest BCUT2D eigenvalue weighted by Crippen LogP contribution is -2.17. The van der Waals surface area contributed by atoms with Crippen molar-refractivity contribution in [3.05, 3.63) is 53.7 Å². The maximum Gasteiger partial charge on any atom is 0.146 e. The van der Waals surface area contributed by atoms with Gasteiger partial charge in [0, 0.05) is 7.05 Å². The topological polar surface area (TPSA) is 36.6 Å². The molecule has 2 aromatic rings. The highest BCUT2D eigenvalue weighted by atomic mass is 19.1. The molecule has 0 bridgehead atoms. The van der Waals surface area contributed by atoms with Crippen molar-refractivity contribution in [2.75, 3.05) is 11.9 Å². The second-order valence-corrected chi connectivity index (χ2v) is 3.88. The molecule has 0 fully saturated rings. The molecule has 0 amide bonds. The number of nitrogens with zero attached hydrogens (tertiary/aromatic N) is 1. The van der Waals surface area contributed by atoms with Gasteiger partial charge in [-0.15, -0.1) is 0 Å². The number of rotatable bonds is 4. The zero-order valence-corrected chi connectivity index (χ0v) is 9.56. The fraction of sp³-hybridized carbons (Fsp3) is 0.231. The molecule has 0 atom stereocenters. The number of benzene rings is 1. The molecule has 0 spiro atoms. The van der Waals surface area contributed by atoms with Crippen molar-refractivity contribution < 1.29 is 13.9 Å². The molecule has 0 aliphatic rings. The molecule has 2 rings (SSSR count). The van der Waals surface area contributed by atoms with Crippen molar-refractivity contribution in [3.8, 4) is 0 Å². The first-order valence-corrected chi connectivity index (χ1v) is 5.33. The van der Waals surface area contributed by atoms with E-state index in [-0.39, 0.29) is 12.4 Å². The van der Waals surface area contributed by atoms with Crippen molar-refractivity contribution in [1.29, 1.82) is 0 Å². The molecule has 1 N–H and O–H groups in total. The minimum Gasteiger partial charge on any atom is -0.467 e. The molecule has 0 saturated carbocycles. The summed E-state index contributed by atoms with van der Waals surface area (Å²) in [7, 11) is 1.79. The molecular weight excluding hydrogens is 221 g/mol. The average molecular weight is 235 g/mol. The minimum atomic E-state index is -0.342. The molecule has 4 heteroatoms. The van der Waals surface area contributed by atoms with Gasteiger partial charge in [0.1, 0.15) is 11.6 Å². The number of halogens is 1. The average Bonchev–Trinajstić information content (AvgIpc) is 2.81. The Labute approximate surface area is 99.1 Å². The molecule has 1 aromatic heterocycles. The molecule has 0 aliphatic heterocycles. The fourth-order valence-corrected chi connectivity index (χ4v) is 1.68. The van der Waals surface area contributed by atoms with Crippen LogP contribution in [-0.4, -0.2) is 12.2 Å². The summed E-state index contributed by atoms with van der Waals surface area (Å²) in [6, 6.07) is 8.35. The number of aliphatic hydroxyl groups is 1. The molecule has 0 saturated heterocycles. The van der Waals surface area contributed by atoms with E-state index in [2.05, 4.69) is 0 Å². The van der Waals surface area contributed by atoms with E-state index in [1.54, 1.807) is 36.4 Å². The predicted octanol–water partition coefficient (Wildman–Crippen LogP) is 2.55. The first-order chi connectivity index (χ1) is 8.20. The van der Waals surface area contributed by atoms with E-state index in [0.717, 1.165) is 5.76 Å². The highest BCUT2D eigenvalue weighted by Crippen LogP contribution is 2.21. The Morgan fingerprint density at radius 2 is 2.18 bits per heavy atom. The van der Waals surface area contributed by atoms with Crippen LogP contribution < -0.4 is 4.90 Å². The van der Waals surface area contributed by atoms with E-state index in [9.17, 15) is 4.39 Å². The minimum absolute atomic E-state index is 0.154. The summed E-state index contributed by atoms with van der Waals surface area (Å²) in [6.07, 6.45) is 1.59. The Kier molecular flexibility index (Phi) is 3.44. The Morgan fingerprint density at radius 3 is 2.76 bits per heavy atom. The molecule has 0 radical (unpaired) electrons. The summed E-state index contributed by atoms with van der Waals surface area (Å²) in [5.41, 5.74) is 1.05. The summed E-state index contributed by atoms with van der Waals surface area (Å²) in [4.78, 5) is 1.76. The summed E-state index contributed by atoms with van der Waals surface area (Å²) >= 11 is 0. The smallest absolute Gasteiger partial charge is 0.146 e. The highest BCUT2D eigenvalue weighted by Gasteiger charge is 2.09. The van der Waals surface area contributed by atoms with Gasteiger partial charge in [0.2, 0.25) is 0 Å². The monoisotopic (exact) mass is 235 g/mol. The van der Waals surface area contributed by atoms with E-state index in [4.69, 9.17) is 9.52 Å². The first kappa shape index (κ1) is 11.7. The van der Waals surface area contributed by atoms with Crippen molar-refractivity contribution in [2.45, 2.75) is 13.2 Å². The zero-order chi connectivity index (χ0) is 12.3. The maximum atomic E-state index is 13.7. The van der Waals surface area contributed by atoms with Crippen LogP contribution in [0.3, 0.4) is 0 Å². The molecular formula is C13H14FNO2. The van der Waals surface area contributed by atoms with Gasteiger partial charge in [-0.1, -0.05) is 6.07 Å². The number of aliphatic hydroxyl groups excluding tert-OH is 1. The quantitative estimate of drug-likeness (QED) is 0.884. The van der Waals surface area contributed by atoms with Crippen molar-refractivity contribution in [3.63, 3.8) is 0 Å². The first-order valence-electron chi connectivity index (χ1n) is 5.33. The van der Waals surface area contributed by atoms with Crippen LogP contribution in [0.25, 0.3) is 0 Å². The van der Waals surface area contributed by atoms with Crippen LogP contribution in [0.5, 0.6) is 0 Å². The van der Waals surface area contributed by atoms with Gasteiger partial charge in [-0.2, -0.15) is 0 Å². The van der Waals surface area contributed by atoms with Gasteiger partial charge in [0.25, 0.3) is 0 Å². The van der Waals surface area contributed by atoms with Crippen LogP contribution in [0.15, 0.2) is 41.0 Å². The van der Waals surface area contributed by atoms with E-state index >= 15 is 0 Å². The molecule has 1 aromatic carbocycles. The van der Waals surface area contributed by atoms with E-state index in [0.29, 0.717) is 17.8 Å². The van der Waals surface area contributed by atoms with Crippen LogP contribution in [0.1, 0.15) is 11.3 Å². The lowest BCUT2D eigenvalue weighted by molar-refractivity contribution is 0.281. The Morgan fingerprint density at radius 1 is 1.35 bits per heavy atom. The third kappa shape index (κ3) is 2.65. The largest absolute Gasteiger partial charge is 0.467 e. The van der Waals surface area contributed by atoms with Gasteiger partial charge in [0.05, 0.1) is 25.1 Å². The number of furan rings is 1. The SMILES string of the molecule is CN(Cc1ccco1)c1ccc(CO)cc1F. The Bertz CT molecular complexity index is 482. The molecule has 3 nitrogen and oxygen atoms in total. The van der Waals surface area contributed by atoms with Crippen molar-refractivity contribution in [2.24, 2.45) is 0 Å². The summed E-state index contributed by atoms with van der Waals surface area (Å²) in [5, 5.41) is 8.90. The van der Waals surface area contributed by atoms with Crippen LogP contribution in [0.4, 0.5) is 10.1 Å². The summed E-state index contributed by atoms with van der Waals surface area (Å²) in [6.45, 7) is 0.349. The van der Waals surface area contributed by atoms with Crippen LogP contribution in [0.2, 0.25) is 0 Å². The number of hydrogen-bond acceptors (Lipinski definition) is 3. The summed E-state index contributed by atoms with van der Waals surface area (Å²) < 4.78 is 18.9. The van der Waals surface area contributed by atoms with E-state index < -0.39 is 0 Å². The molecule has 1 heterocycles. The van der Waals surface area contributed by atoms with Gasteiger partial charge in [0.15, 0.2) is 0 Å². The second-order valence-electron chi connectivity index (χ2n) is 3.88. The third-order valence-corrected chi connectivity index (χ3v) is 2.58. The normalized spacial score (nSPS) is 10.5. The second kappa shape index (κ2) is 5.01. The Hall–Kier alpha value is -1.81. The molecule has 90 valence electrons. The van der Waals surface area contributed by atoms with Crippen LogP contribution >= 0.6 is 0 Å². The van der Waals surface area contributed by atoms with Gasteiger partial charge >= 0.3 is 0 Å². The Balaban J connectivity index is 2.16. The maximum absolute atomic E-state index is 13.7. The fourth-order valence-electron chi connectivity index (χ4n) is 1.68. The number of hydrogen-bond donors (Lipinski definition) is 1. The van der Waals surface area contributed by atoms with Crippen LogP contribution in [-0.2, 0) is 13.2 Å².